The lowest BCUT2D eigenvalue weighted by atomic mass is 10.1. The van der Waals surface area contributed by atoms with Gasteiger partial charge in [0.2, 0.25) is 0 Å². The van der Waals surface area contributed by atoms with E-state index < -0.39 is 11.9 Å². The number of nitrogens with zero attached hydrogens (tertiary/aromatic N) is 2. The van der Waals surface area contributed by atoms with Crippen molar-refractivity contribution in [3.8, 4) is 11.3 Å². The minimum absolute atomic E-state index is 0.160. The van der Waals surface area contributed by atoms with Crippen LogP contribution in [0.5, 0.6) is 0 Å². The van der Waals surface area contributed by atoms with E-state index in [2.05, 4.69) is 15.5 Å². The topological polar surface area (TPSA) is 94.3 Å². The maximum atomic E-state index is 12.6. The summed E-state index contributed by atoms with van der Waals surface area (Å²) in [7, 11) is 0. The van der Waals surface area contributed by atoms with E-state index in [0.29, 0.717) is 22.1 Å². The zero-order valence-corrected chi connectivity index (χ0v) is 14.4. The molecule has 0 fully saturated rings. The van der Waals surface area contributed by atoms with E-state index in [-0.39, 0.29) is 12.3 Å². The van der Waals surface area contributed by atoms with E-state index in [1.807, 2.05) is 30.3 Å². The highest BCUT2D eigenvalue weighted by Crippen LogP contribution is 2.26. The third kappa shape index (κ3) is 3.58. The number of esters is 1. The van der Waals surface area contributed by atoms with Gasteiger partial charge in [0.1, 0.15) is 17.0 Å². The molecule has 8 heteroatoms. The molecule has 128 valence electrons. The van der Waals surface area contributed by atoms with Crippen LogP contribution < -0.4 is 5.32 Å². The summed E-state index contributed by atoms with van der Waals surface area (Å²) in [6.45, 7) is 3.64. The number of amides is 1. The van der Waals surface area contributed by atoms with Gasteiger partial charge in [-0.15, -0.1) is 11.3 Å². The van der Waals surface area contributed by atoms with Gasteiger partial charge in [-0.25, -0.2) is 9.78 Å². The Bertz CT molecular complexity index is 902. The summed E-state index contributed by atoms with van der Waals surface area (Å²) in [4.78, 5) is 28.4. The second-order valence-electron chi connectivity index (χ2n) is 5.04. The van der Waals surface area contributed by atoms with E-state index in [4.69, 9.17) is 9.26 Å². The number of hydrogen-bond acceptors (Lipinski definition) is 7. The second-order valence-corrected chi connectivity index (χ2v) is 5.90. The first-order valence-electron chi connectivity index (χ1n) is 7.55. The highest BCUT2D eigenvalue weighted by molar-refractivity contribution is 7.14. The zero-order chi connectivity index (χ0) is 17.8. The first-order valence-corrected chi connectivity index (χ1v) is 8.43. The lowest BCUT2D eigenvalue weighted by Gasteiger charge is -2.03. The van der Waals surface area contributed by atoms with Crippen LogP contribution in [0.15, 0.2) is 40.2 Å². The van der Waals surface area contributed by atoms with Gasteiger partial charge in [-0.3, -0.25) is 10.1 Å². The molecule has 2 heterocycles. The maximum Gasteiger partial charge on any atom is 0.357 e. The Morgan fingerprint density at radius 2 is 2.04 bits per heavy atom. The Morgan fingerprint density at radius 1 is 1.28 bits per heavy atom. The fourth-order valence-electron chi connectivity index (χ4n) is 2.22. The van der Waals surface area contributed by atoms with Crippen molar-refractivity contribution in [3.63, 3.8) is 0 Å². The van der Waals surface area contributed by atoms with Crippen LogP contribution in [-0.2, 0) is 4.74 Å². The van der Waals surface area contributed by atoms with Gasteiger partial charge in [0.05, 0.1) is 6.61 Å². The van der Waals surface area contributed by atoms with E-state index in [0.717, 1.165) is 16.9 Å². The van der Waals surface area contributed by atoms with Crippen LogP contribution >= 0.6 is 11.3 Å². The average Bonchev–Trinajstić information content (AvgIpc) is 3.22. The van der Waals surface area contributed by atoms with Crippen LogP contribution in [0.4, 0.5) is 5.13 Å². The molecule has 7 nitrogen and oxygen atoms in total. The van der Waals surface area contributed by atoms with Crippen molar-refractivity contribution in [2.45, 2.75) is 13.8 Å². The highest BCUT2D eigenvalue weighted by Gasteiger charge is 2.23. The molecule has 0 aliphatic heterocycles. The molecular formula is C17H15N3O4S. The molecule has 2 aromatic heterocycles. The number of aromatic nitrogens is 2. The van der Waals surface area contributed by atoms with Crippen LogP contribution in [0.3, 0.4) is 0 Å². The molecule has 0 aliphatic carbocycles. The quantitative estimate of drug-likeness (QED) is 0.702. The predicted octanol–water partition coefficient (Wildman–Crippen LogP) is 3.54. The van der Waals surface area contributed by atoms with Crippen molar-refractivity contribution >= 4 is 28.3 Å². The molecule has 0 bridgehead atoms. The first kappa shape index (κ1) is 16.8. The molecule has 1 aromatic carbocycles. The summed E-state index contributed by atoms with van der Waals surface area (Å²) < 4.78 is 10.1. The summed E-state index contributed by atoms with van der Waals surface area (Å²) in [5, 5.41) is 8.49. The van der Waals surface area contributed by atoms with Crippen LogP contribution in [-0.4, -0.2) is 28.6 Å². The molecule has 3 aromatic rings. The van der Waals surface area contributed by atoms with E-state index in [1.165, 1.54) is 5.38 Å². The maximum absolute atomic E-state index is 12.6. The fraction of sp³-hybridized carbons (Fsp3) is 0.176. The Morgan fingerprint density at radius 3 is 2.76 bits per heavy atom. The average molecular weight is 357 g/mol. The minimum Gasteiger partial charge on any atom is -0.461 e. The lowest BCUT2D eigenvalue weighted by molar-refractivity contribution is 0.0520. The second kappa shape index (κ2) is 7.27. The smallest absolute Gasteiger partial charge is 0.357 e. The summed E-state index contributed by atoms with van der Waals surface area (Å²) in [6.07, 6.45) is 0. The standard InChI is InChI=1S/C17H15N3O4S/c1-3-23-16(22)12-9-25-17(18-12)19-15(21)13-10(2)24-20-14(13)11-7-5-4-6-8-11/h4-9H,3H2,1-2H3,(H,18,19,21). The molecule has 1 N–H and O–H groups in total. The van der Waals surface area contributed by atoms with Gasteiger partial charge in [-0.05, 0) is 13.8 Å². The third-order valence-electron chi connectivity index (χ3n) is 3.35. The SMILES string of the molecule is CCOC(=O)c1csc(NC(=O)c2c(-c3ccccc3)noc2C)n1. The molecule has 3 rings (SSSR count). The number of hydrogen-bond donors (Lipinski definition) is 1. The zero-order valence-electron chi connectivity index (χ0n) is 13.6. The van der Waals surface area contributed by atoms with Crippen LogP contribution in [0.1, 0.15) is 33.5 Å². The number of carbonyl (C=O) groups excluding carboxylic acids is 2. The lowest BCUT2D eigenvalue weighted by Crippen LogP contribution is -2.14. The van der Waals surface area contributed by atoms with Crippen molar-refractivity contribution in [1.29, 1.82) is 0 Å². The number of anilines is 1. The Balaban J connectivity index is 1.83. The summed E-state index contributed by atoms with van der Waals surface area (Å²) in [5.41, 5.74) is 1.72. The van der Waals surface area contributed by atoms with Crippen molar-refractivity contribution in [3.05, 3.63) is 52.7 Å². The highest BCUT2D eigenvalue weighted by atomic mass is 32.1. The molecule has 0 atom stereocenters. The summed E-state index contributed by atoms with van der Waals surface area (Å²) in [6, 6.07) is 9.27. The van der Waals surface area contributed by atoms with Crippen LogP contribution in [0.25, 0.3) is 11.3 Å². The van der Waals surface area contributed by atoms with Gasteiger partial charge in [0.25, 0.3) is 5.91 Å². The van der Waals surface area contributed by atoms with E-state index >= 15 is 0 Å². The normalized spacial score (nSPS) is 10.5. The monoisotopic (exact) mass is 357 g/mol. The van der Waals surface area contributed by atoms with Crippen molar-refractivity contribution in [1.82, 2.24) is 10.1 Å². The molecular weight excluding hydrogens is 342 g/mol. The number of benzene rings is 1. The molecule has 0 unspecified atom stereocenters. The molecule has 0 saturated carbocycles. The van der Waals surface area contributed by atoms with Crippen molar-refractivity contribution < 1.29 is 18.8 Å². The van der Waals surface area contributed by atoms with E-state index in [1.54, 1.807) is 13.8 Å². The number of carbonyl (C=O) groups is 2. The minimum atomic E-state index is -0.523. The molecule has 0 saturated heterocycles. The van der Waals surface area contributed by atoms with Gasteiger partial charge < -0.3 is 9.26 Å². The van der Waals surface area contributed by atoms with Gasteiger partial charge in [-0.2, -0.15) is 0 Å². The number of ether oxygens (including phenoxy) is 1. The Labute approximate surface area is 147 Å². The third-order valence-corrected chi connectivity index (χ3v) is 4.10. The molecule has 1 amide bonds. The van der Waals surface area contributed by atoms with Crippen LogP contribution in [0.2, 0.25) is 0 Å². The summed E-state index contributed by atoms with van der Waals surface area (Å²) >= 11 is 1.14. The van der Waals surface area contributed by atoms with Crippen molar-refractivity contribution in [2.24, 2.45) is 0 Å². The van der Waals surface area contributed by atoms with Crippen LogP contribution in [0, 0.1) is 6.92 Å². The van der Waals surface area contributed by atoms with Gasteiger partial charge >= 0.3 is 5.97 Å². The number of aryl methyl sites for hydroxylation is 1. The first-order chi connectivity index (χ1) is 12.1. The largest absolute Gasteiger partial charge is 0.461 e. The fourth-order valence-corrected chi connectivity index (χ4v) is 2.90. The molecule has 25 heavy (non-hydrogen) atoms. The molecule has 0 aliphatic rings. The van der Waals surface area contributed by atoms with E-state index in [9.17, 15) is 9.59 Å². The van der Waals surface area contributed by atoms with Gasteiger partial charge in [0, 0.05) is 10.9 Å². The Hall–Kier alpha value is -3.00. The predicted molar refractivity (Wildman–Crippen MR) is 92.7 cm³/mol. The number of rotatable bonds is 5. The molecule has 0 spiro atoms. The number of nitrogens with one attached hydrogen (secondary N) is 1. The van der Waals surface area contributed by atoms with Gasteiger partial charge in [-0.1, -0.05) is 35.5 Å². The Kier molecular flexibility index (Phi) is 4.90. The van der Waals surface area contributed by atoms with Crippen molar-refractivity contribution in [2.75, 3.05) is 11.9 Å². The van der Waals surface area contributed by atoms with Gasteiger partial charge in [0.15, 0.2) is 10.8 Å². The number of thiazole rings is 1. The molecule has 0 radical (unpaired) electrons. The summed E-state index contributed by atoms with van der Waals surface area (Å²) in [5.74, 6) is -0.522.